The molecule has 7 atom stereocenters. The van der Waals surface area contributed by atoms with Gasteiger partial charge in [0.25, 0.3) is 0 Å². The fourth-order valence-electron chi connectivity index (χ4n) is 7.37. The fourth-order valence-corrected chi connectivity index (χ4v) is 7.37. The van der Waals surface area contributed by atoms with Crippen molar-refractivity contribution in [3.63, 3.8) is 0 Å². The van der Waals surface area contributed by atoms with E-state index in [-0.39, 0.29) is 41.5 Å². The van der Waals surface area contributed by atoms with Crippen LogP contribution in [0.25, 0.3) is 0 Å². The highest BCUT2D eigenvalue weighted by Gasteiger charge is 2.65. The van der Waals surface area contributed by atoms with Gasteiger partial charge in [-0.1, -0.05) is 6.92 Å². The van der Waals surface area contributed by atoms with Crippen LogP contribution in [0.1, 0.15) is 51.0 Å². The summed E-state index contributed by atoms with van der Waals surface area (Å²) in [5, 5.41) is 25.8. The number of methoxy groups -OCH3 is 2. The average Bonchev–Trinajstić information content (AvgIpc) is 3.63. The van der Waals surface area contributed by atoms with E-state index in [1.807, 2.05) is 12.1 Å². The van der Waals surface area contributed by atoms with Crippen molar-refractivity contribution in [2.24, 2.45) is 23.2 Å². The normalized spacial score (nSPS) is 32.5. The van der Waals surface area contributed by atoms with Crippen LogP contribution in [0.3, 0.4) is 0 Å². The molecule has 0 radical (unpaired) electrons. The Balaban J connectivity index is 0.000000557. The highest BCUT2D eigenvalue weighted by Crippen LogP contribution is 2.62. The first-order valence-electron chi connectivity index (χ1n) is 14.0. The van der Waals surface area contributed by atoms with Gasteiger partial charge in [-0.05, 0) is 61.6 Å². The Morgan fingerprint density at radius 1 is 1.20 bits per heavy atom. The number of ether oxygens (including phenoxy) is 4. The molecule has 1 spiro atoms. The molecule has 2 saturated carbocycles. The summed E-state index contributed by atoms with van der Waals surface area (Å²) in [4.78, 5) is 32.4. The van der Waals surface area contributed by atoms with Crippen molar-refractivity contribution in [2.45, 2.75) is 63.7 Å². The second kappa shape index (κ2) is 12.3. The standard InChI is InChI=1S/C27H39NO6.C2H2O4/c1-26-8-4-9-27(17-33-27)24(26)13-19-20(25(30)34-23(19)14-26)16-28(10-5-11-29)15-18-6-7-21(31-2)22(12-18)32-3;3-1(4)2(5)6/h6-7,12,19-20,23-24,29H,4-5,8-11,13-17H2,1-3H3;(H,3,4)(H,5,6). The number of benzene rings is 1. The topological polar surface area (TPSA) is 159 Å². The number of carbonyl (C=O) groups excluding carboxylic acids is 2. The van der Waals surface area contributed by atoms with Crippen LogP contribution in [0.15, 0.2) is 18.2 Å². The molecule has 2 heterocycles. The highest BCUT2D eigenvalue weighted by molar-refractivity contribution is 6.26. The summed E-state index contributed by atoms with van der Waals surface area (Å²) in [6.07, 6.45) is 6.33. The van der Waals surface area contributed by atoms with E-state index < -0.39 is 11.9 Å². The zero-order chi connectivity index (χ0) is 29.1. The van der Waals surface area contributed by atoms with E-state index in [9.17, 15) is 9.90 Å². The van der Waals surface area contributed by atoms with Gasteiger partial charge in [0.2, 0.25) is 0 Å². The summed E-state index contributed by atoms with van der Waals surface area (Å²) < 4.78 is 22.9. The molecule has 2 aliphatic carbocycles. The van der Waals surface area contributed by atoms with Crippen LogP contribution in [-0.4, -0.2) is 80.3 Å². The predicted molar refractivity (Wildman–Crippen MR) is 139 cm³/mol. The summed E-state index contributed by atoms with van der Waals surface area (Å²) in [5.74, 6) is -1.93. The smallest absolute Gasteiger partial charge is 0.351 e. The number of aliphatic carboxylic acids is 2. The Morgan fingerprint density at radius 3 is 2.50 bits per heavy atom. The molecular weight excluding hydrogens is 522 g/mol. The Labute approximate surface area is 234 Å². The zero-order valence-electron chi connectivity index (χ0n) is 23.5. The summed E-state index contributed by atoms with van der Waals surface area (Å²) in [6.45, 7) is 5.73. The highest BCUT2D eigenvalue weighted by atomic mass is 16.6. The van der Waals surface area contributed by atoms with E-state index in [0.717, 1.165) is 51.1 Å². The van der Waals surface area contributed by atoms with Gasteiger partial charge in [0, 0.05) is 24.5 Å². The number of rotatable bonds is 9. The van der Waals surface area contributed by atoms with Crippen LogP contribution in [0.2, 0.25) is 0 Å². The summed E-state index contributed by atoms with van der Waals surface area (Å²) in [6, 6.07) is 5.99. The number of aliphatic hydroxyl groups excluding tert-OH is 1. The largest absolute Gasteiger partial charge is 0.539 e. The van der Waals surface area contributed by atoms with Crippen LogP contribution in [-0.2, 0) is 30.4 Å². The number of hydrogen-bond acceptors (Lipinski definition) is 9. The molecule has 2 saturated heterocycles. The number of esters is 1. The molecule has 5 rings (SSSR count). The van der Waals surface area contributed by atoms with Gasteiger partial charge in [0.1, 0.15) is 18.6 Å². The number of hydrogen-bond donors (Lipinski definition) is 3. The fraction of sp³-hybridized carbons (Fsp3) is 0.690. The number of quaternary nitrogens is 1. The summed E-state index contributed by atoms with van der Waals surface area (Å²) in [5.41, 5.74) is 1.41. The lowest BCUT2D eigenvalue weighted by molar-refractivity contribution is -0.916. The molecule has 4 aliphatic rings. The molecule has 40 heavy (non-hydrogen) atoms. The number of nitrogens with one attached hydrogen (secondary N) is 1. The van der Waals surface area contributed by atoms with E-state index in [4.69, 9.17) is 38.7 Å². The lowest BCUT2D eigenvalue weighted by Crippen LogP contribution is -3.11. The van der Waals surface area contributed by atoms with E-state index in [1.54, 1.807) is 14.2 Å². The summed E-state index contributed by atoms with van der Waals surface area (Å²) in [7, 11) is 3.28. The molecule has 7 unspecified atom stereocenters. The number of carbonyl (C=O) groups is 3. The molecular formula is C29H41NO10. The molecule has 0 amide bonds. The van der Waals surface area contributed by atoms with Crippen molar-refractivity contribution in [3.05, 3.63) is 23.8 Å². The first-order chi connectivity index (χ1) is 19.1. The molecule has 11 nitrogen and oxygen atoms in total. The first kappa shape index (κ1) is 30.1. The van der Waals surface area contributed by atoms with Gasteiger partial charge in [-0.25, -0.2) is 4.79 Å². The van der Waals surface area contributed by atoms with Gasteiger partial charge in [0.05, 0.1) is 39.5 Å². The average molecular weight is 564 g/mol. The van der Waals surface area contributed by atoms with Crippen molar-refractivity contribution in [2.75, 3.05) is 40.5 Å². The van der Waals surface area contributed by atoms with Gasteiger partial charge in [-0.15, -0.1) is 0 Å². The predicted octanol–water partition coefficient (Wildman–Crippen LogP) is -0.181. The van der Waals surface area contributed by atoms with Gasteiger partial charge in [0.15, 0.2) is 17.5 Å². The van der Waals surface area contributed by atoms with Crippen molar-refractivity contribution >= 4 is 17.9 Å². The van der Waals surface area contributed by atoms with Crippen LogP contribution in [0, 0.1) is 23.2 Å². The molecule has 0 aromatic heterocycles. The lowest BCUT2D eigenvalue weighted by Gasteiger charge is -2.51. The molecule has 222 valence electrons. The van der Waals surface area contributed by atoms with Gasteiger partial charge < -0.3 is 44.0 Å². The lowest BCUT2D eigenvalue weighted by atomic mass is 9.53. The van der Waals surface area contributed by atoms with Crippen molar-refractivity contribution < 1.29 is 53.6 Å². The zero-order valence-corrected chi connectivity index (χ0v) is 23.5. The Morgan fingerprint density at radius 2 is 1.90 bits per heavy atom. The number of aliphatic hydroxyl groups is 1. The van der Waals surface area contributed by atoms with E-state index >= 15 is 0 Å². The number of fused-ring (bicyclic) bond motifs is 3. The minimum absolute atomic E-state index is 0.0307. The van der Waals surface area contributed by atoms with E-state index in [2.05, 4.69) is 13.0 Å². The Kier molecular flexibility index (Phi) is 9.26. The quantitative estimate of drug-likeness (QED) is 0.209. The molecule has 11 heteroatoms. The molecule has 1 aromatic rings. The maximum atomic E-state index is 13.1. The third-order valence-corrected chi connectivity index (χ3v) is 9.35. The van der Waals surface area contributed by atoms with E-state index in [0.29, 0.717) is 23.8 Å². The molecule has 3 N–H and O–H groups in total. The second-order valence-corrected chi connectivity index (χ2v) is 11.8. The Bertz CT molecular complexity index is 1080. The molecule has 1 aromatic carbocycles. The van der Waals surface area contributed by atoms with Crippen LogP contribution in [0.4, 0.5) is 0 Å². The third kappa shape index (κ3) is 6.37. The Hall–Kier alpha value is -2.89. The van der Waals surface area contributed by atoms with Crippen LogP contribution >= 0.6 is 0 Å². The van der Waals surface area contributed by atoms with E-state index in [1.165, 1.54) is 17.7 Å². The van der Waals surface area contributed by atoms with Gasteiger partial charge in [-0.3, -0.25) is 4.79 Å². The first-order valence-corrected chi connectivity index (χ1v) is 14.0. The monoisotopic (exact) mass is 563 g/mol. The minimum Gasteiger partial charge on any atom is -0.539 e. The molecule has 4 fully saturated rings. The maximum Gasteiger partial charge on any atom is 0.351 e. The second-order valence-electron chi connectivity index (χ2n) is 11.8. The summed E-state index contributed by atoms with van der Waals surface area (Å²) >= 11 is 0. The van der Waals surface area contributed by atoms with Gasteiger partial charge >= 0.3 is 11.9 Å². The number of carboxylic acids is 2. The number of carboxylic acid groups (broad SMARTS) is 2. The van der Waals surface area contributed by atoms with Gasteiger partial charge in [-0.2, -0.15) is 0 Å². The minimum atomic E-state index is -2.07. The maximum absolute atomic E-state index is 13.1. The molecule has 0 bridgehead atoms. The van der Waals surface area contributed by atoms with Crippen molar-refractivity contribution in [3.8, 4) is 11.5 Å². The number of epoxide rings is 1. The third-order valence-electron chi connectivity index (χ3n) is 9.35. The van der Waals surface area contributed by atoms with Crippen molar-refractivity contribution in [1.29, 1.82) is 0 Å². The molecule has 2 aliphatic heterocycles. The van der Waals surface area contributed by atoms with Crippen LogP contribution < -0.4 is 19.5 Å². The van der Waals surface area contributed by atoms with Crippen LogP contribution in [0.5, 0.6) is 11.5 Å². The SMILES string of the molecule is COc1ccc(C[NH+](CCCO)CC2C(=O)OC3CC4(C)CCCC5(CO5)C4CC32)cc1OC.O=C([O-])C(=O)O. The van der Waals surface area contributed by atoms with Crippen molar-refractivity contribution in [1.82, 2.24) is 0 Å².